The molecule has 0 fully saturated rings. The first kappa shape index (κ1) is 13.6. The largest absolute Gasteiger partial charge is 0.480 e. The number of aromatic nitrogens is 2. The highest BCUT2D eigenvalue weighted by Gasteiger charge is 2.19. The van der Waals surface area contributed by atoms with Crippen LogP contribution in [0.2, 0.25) is 0 Å². The van der Waals surface area contributed by atoms with E-state index in [4.69, 9.17) is 10.8 Å². The summed E-state index contributed by atoms with van der Waals surface area (Å²) in [6.07, 6.45) is 2.27. The first-order valence-corrected chi connectivity index (χ1v) is 6.17. The molecule has 0 saturated heterocycles. The van der Waals surface area contributed by atoms with Crippen LogP contribution in [-0.2, 0) is 4.79 Å². The van der Waals surface area contributed by atoms with Crippen LogP contribution < -0.4 is 11.3 Å². The van der Waals surface area contributed by atoms with Gasteiger partial charge in [0, 0.05) is 6.07 Å². The molecule has 4 N–H and O–H groups in total. The average molecular weight is 257 g/mol. The van der Waals surface area contributed by atoms with E-state index in [0.29, 0.717) is 6.42 Å². The van der Waals surface area contributed by atoms with E-state index >= 15 is 0 Å². The van der Waals surface area contributed by atoms with E-state index in [1.807, 2.05) is 6.92 Å². The van der Waals surface area contributed by atoms with Crippen molar-refractivity contribution in [3.63, 3.8) is 0 Å². The van der Waals surface area contributed by atoms with Gasteiger partial charge in [-0.25, -0.2) is 4.98 Å². The summed E-state index contributed by atoms with van der Waals surface area (Å²) < 4.78 is 0. The van der Waals surface area contributed by atoms with Crippen LogP contribution in [0.5, 0.6) is 0 Å². The number of unbranched alkanes of at least 4 members (excludes halogenated alkanes) is 1. The topological polar surface area (TPSA) is 109 Å². The second-order valence-corrected chi connectivity index (χ2v) is 4.75. The number of nitrogens with one attached hydrogen (secondary N) is 1. The van der Waals surface area contributed by atoms with Gasteiger partial charge in [-0.05, 0) is 6.42 Å². The van der Waals surface area contributed by atoms with Crippen LogP contribution in [0.3, 0.4) is 0 Å². The van der Waals surface area contributed by atoms with Crippen LogP contribution in [0.4, 0.5) is 5.82 Å². The van der Waals surface area contributed by atoms with Crippen LogP contribution in [0, 0.1) is 0 Å². The normalized spacial score (nSPS) is 12.3. The number of carboxylic acid groups (broad SMARTS) is 1. The molecule has 7 heteroatoms. The molecule has 0 radical (unpaired) electrons. The van der Waals surface area contributed by atoms with E-state index in [1.165, 1.54) is 0 Å². The Hall–Kier alpha value is -1.50. The molecule has 0 aliphatic carbocycles. The third kappa shape index (κ3) is 4.48. The van der Waals surface area contributed by atoms with E-state index in [0.717, 1.165) is 30.7 Å². The molecule has 1 unspecified atom stereocenters. The Balaban J connectivity index is 2.78. The Morgan fingerprint density at radius 2 is 2.41 bits per heavy atom. The number of carbonyl (C=O) groups is 1. The van der Waals surface area contributed by atoms with E-state index in [1.54, 1.807) is 0 Å². The monoisotopic (exact) mass is 257 g/mol. The fraction of sp³-hybridized carbons (Fsp3) is 0.500. The Morgan fingerprint density at radius 1 is 1.71 bits per heavy atom. The van der Waals surface area contributed by atoms with Gasteiger partial charge >= 0.3 is 5.97 Å². The van der Waals surface area contributed by atoms with Crippen molar-refractivity contribution >= 4 is 23.5 Å². The molecule has 1 atom stereocenters. The molecule has 0 spiro atoms. The number of thioether (sulfide) groups is 1. The predicted octanol–water partition coefficient (Wildman–Crippen LogP) is 1.09. The van der Waals surface area contributed by atoms with Crippen LogP contribution in [0.1, 0.15) is 26.2 Å². The standard InChI is InChI=1S/C10H15N3O3S/c1-2-3-4-6(9(15)16)17-10-12-7(11)5-8(14)13-10/h5-6H,2-4H2,1H3,(H,15,16)(H3,11,12,13,14). The molecule has 0 aliphatic rings. The molecule has 0 amide bonds. The lowest BCUT2D eigenvalue weighted by Gasteiger charge is -2.10. The minimum absolute atomic E-state index is 0.0934. The van der Waals surface area contributed by atoms with Gasteiger partial charge in [-0.1, -0.05) is 31.5 Å². The molecule has 6 nitrogen and oxygen atoms in total. The highest BCUT2D eigenvalue weighted by Crippen LogP contribution is 2.23. The fourth-order valence-electron chi connectivity index (χ4n) is 1.27. The van der Waals surface area contributed by atoms with Gasteiger partial charge in [0.2, 0.25) is 0 Å². The molecule has 1 heterocycles. The number of nitrogen functional groups attached to an aromatic ring is 1. The zero-order valence-electron chi connectivity index (χ0n) is 9.47. The summed E-state index contributed by atoms with van der Waals surface area (Å²) in [7, 11) is 0. The molecule has 17 heavy (non-hydrogen) atoms. The van der Waals surface area contributed by atoms with Crippen molar-refractivity contribution in [3.8, 4) is 0 Å². The lowest BCUT2D eigenvalue weighted by atomic mass is 10.2. The quantitative estimate of drug-likeness (QED) is 0.520. The van der Waals surface area contributed by atoms with Gasteiger partial charge in [0.1, 0.15) is 11.1 Å². The van der Waals surface area contributed by atoms with Crippen molar-refractivity contribution in [1.29, 1.82) is 0 Å². The molecule has 1 aromatic heterocycles. The molecule has 1 rings (SSSR count). The summed E-state index contributed by atoms with van der Waals surface area (Å²) >= 11 is 1.02. The lowest BCUT2D eigenvalue weighted by molar-refractivity contribution is -0.136. The molecular weight excluding hydrogens is 242 g/mol. The van der Waals surface area contributed by atoms with Gasteiger partial charge in [-0.15, -0.1) is 0 Å². The van der Waals surface area contributed by atoms with E-state index < -0.39 is 11.2 Å². The third-order valence-corrected chi connectivity index (χ3v) is 3.23. The van der Waals surface area contributed by atoms with E-state index in [9.17, 15) is 9.59 Å². The van der Waals surface area contributed by atoms with Gasteiger partial charge in [0.15, 0.2) is 5.16 Å². The maximum atomic E-state index is 11.1. The van der Waals surface area contributed by atoms with Crippen molar-refractivity contribution in [2.24, 2.45) is 0 Å². The fourth-order valence-corrected chi connectivity index (χ4v) is 2.24. The van der Waals surface area contributed by atoms with Gasteiger partial charge in [-0.3, -0.25) is 9.59 Å². The number of rotatable bonds is 6. The minimum Gasteiger partial charge on any atom is -0.480 e. The SMILES string of the molecule is CCCCC(Sc1nc(N)cc(=O)[nH]1)C(=O)O. The minimum atomic E-state index is -0.909. The second kappa shape index (κ2) is 6.29. The number of hydrogen-bond donors (Lipinski definition) is 3. The summed E-state index contributed by atoms with van der Waals surface area (Å²) in [5.41, 5.74) is 5.04. The highest BCUT2D eigenvalue weighted by atomic mass is 32.2. The number of nitrogens with two attached hydrogens (primary N) is 1. The molecule has 0 aliphatic heterocycles. The van der Waals surface area contributed by atoms with Crippen molar-refractivity contribution < 1.29 is 9.90 Å². The van der Waals surface area contributed by atoms with Crippen LogP contribution in [0.15, 0.2) is 16.0 Å². The number of carboxylic acids is 1. The van der Waals surface area contributed by atoms with Gasteiger partial charge in [0.05, 0.1) is 0 Å². The predicted molar refractivity (Wildman–Crippen MR) is 66.1 cm³/mol. The molecule has 0 aromatic carbocycles. The third-order valence-electron chi connectivity index (χ3n) is 2.09. The van der Waals surface area contributed by atoms with Crippen LogP contribution in [0.25, 0.3) is 0 Å². The number of hydrogen-bond acceptors (Lipinski definition) is 5. The maximum absolute atomic E-state index is 11.1. The van der Waals surface area contributed by atoms with Gasteiger partial charge in [-0.2, -0.15) is 0 Å². The zero-order chi connectivity index (χ0) is 12.8. The molecule has 0 saturated carbocycles. The summed E-state index contributed by atoms with van der Waals surface area (Å²) in [4.78, 5) is 28.5. The first-order chi connectivity index (χ1) is 8.02. The van der Waals surface area contributed by atoms with Gasteiger partial charge in [0.25, 0.3) is 5.56 Å². The Morgan fingerprint density at radius 3 is 2.94 bits per heavy atom. The lowest BCUT2D eigenvalue weighted by Crippen LogP contribution is -2.18. The van der Waals surface area contributed by atoms with E-state index in [-0.39, 0.29) is 16.5 Å². The van der Waals surface area contributed by atoms with Crippen LogP contribution >= 0.6 is 11.8 Å². The summed E-state index contributed by atoms with van der Waals surface area (Å²) in [5.74, 6) is -0.815. The van der Waals surface area contributed by atoms with Crippen molar-refractivity contribution in [2.75, 3.05) is 5.73 Å². The molecule has 0 bridgehead atoms. The zero-order valence-corrected chi connectivity index (χ0v) is 10.3. The average Bonchev–Trinajstić information content (AvgIpc) is 2.22. The number of anilines is 1. The molecular formula is C10H15N3O3S. The Labute approximate surface area is 103 Å². The Bertz CT molecular complexity index is 447. The number of aromatic amines is 1. The Kier molecular flexibility index (Phi) is 5.02. The van der Waals surface area contributed by atoms with Crippen molar-refractivity contribution in [1.82, 2.24) is 9.97 Å². The smallest absolute Gasteiger partial charge is 0.317 e. The molecule has 1 aromatic rings. The number of nitrogens with zero attached hydrogens (tertiary/aromatic N) is 1. The van der Waals surface area contributed by atoms with E-state index in [2.05, 4.69) is 9.97 Å². The summed E-state index contributed by atoms with van der Waals surface area (Å²) in [6, 6.07) is 1.16. The second-order valence-electron chi connectivity index (χ2n) is 3.56. The maximum Gasteiger partial charge on any atom is 0.317 e. The van der Waals surface area contributed by atoms with Crippen molar-refractivity contribution in [3.05, 3.63) is 16.4 Å². The first-order valence-electron chi connectivity index (χ1n) is 5.29. The number of aliphatic carboxylic acids is 1. The van der Waals surface area contributed by atoms with Crippen LogP contribution in [-0.4, -0.2) is 26.3 Å². The van der Waals surface area contributed by atoms with Crippen molar-refractivity contribution in [2.45, 2.75) is 36.6 Å². The molecule has 94 valence electrons. The summed E-state index contributed by atoms with van der Waals surface area (Å²) in [6.45, 7) is 1.99. The number of H-pyrrole nitrogens is 1. The highest BCUT2D eigenvalue weighted by molar-refractivity contribution is 8.00. The van der Waals surface area contributed by atoms with Gasteiger partial charge < -0.3 is 15.8 Å². The summed E-state index contributed by atoms with van der Waals surface area (Å²) in [5, 5.41) is 8.67.